The molecule has 3 aromatic rings. The third-order valence-electron chi connectivity index (χ3n) is 3.01. The lowest BCUT2D eigenvalue weighted by Gasteiger charge is -2.03. The summed E-state index contributed by atoms with van der Waals surface area (Å²) in [5.41, 5.74) is 2.97. The molecular weight excluding hydrogens is 304 g/mol. The fourth-order valence-corrected chi connectivity index (χ4v) is 2.16. The number of nitrogens with one attached hydrogen (secondary N) is 2. The van der Waals surface area contributed by atoms with E-state index in [1.165, 1.54) is 7.11 Å². The number of benzene rings is 1. The number of fused-ring (bicyclic) bond motifs is 1. The fraction of sp³-hybridized carbons (Fsp3) is 0.133. The van der Waals surface area contributed by atoms with Crippen LogP contribution in [0.15, 0.2) is 36.5 Å². The molecule has 22 heavy (non-hydrogen) atoms. The largest absolute Gasteiger partial charge is 0.375 e. The lowest BCUT2D eigenvalue weighted by molar-refractivity contribution is -0.119. The molecule has 2 aromatic heterocycles. The van der Waals surface area contributed by atoms with Crippen molar-refractivity contribution in [3.63, 3.8) is 0 Å². The van der Waals surface area contributed by atoms with E-state index in [0.29, 0.717) is 22.2 Å². The van der Waals surface area contributed by atoms with Gasteiger partial charge in [-0.2, -0.15) is 0 Å². The van der Waals surface area contributed by atoms with Crippen molar-refractivity contribution in [2.24, 2.45) is 0 Å². The van der Waals surface area contributed by atoms with Crippen LogP contribution in [-0.2, 0) is 9.53 Å². The summed E-state index contributed by atoms with van der Waals surface area (Å²) >= 11 is 5.83. The van der Waals surface area contributed by atoms with E-state index >= 15 is 0 Å². The monoisotopic (exact) mass is 316 g/mol. The van der Waals surface area contributed by atoms with Crippen LogP contribution in [0.2, 0.25) is 5.02 Å². The first kappa shape index (κ1) is 14.5. The fourth-order valence-electron chi connectivity index (χ4n) is 2.05. The van der Waals surface area contributed by atoms with Crippen molar-refractivity contribution in [1.82, 2.24) is 15.0 Å². The lowest BCUT2D eigenvalue weighted by atomic mass is 10.3. The first-order chi connectivity index (χ1) is 10.7. The van der Waals surface area contributed by atoms with Crippen LogP contribution in [0.5, 0.6) is 0 Å². The summed E-state index contributed by atoms with van der Waals surface area (Å²) in [6.07, 6.45) is 1.57. The number of carbonyl (C=O) groups excluding carboxylic acids is 1. The van der Waals surface area contributed by atoms with Crippen molar-refractivity contribution >= 4 is 34.2 Å². The normalized spacial score (nSPS) is 10.8. The second kappa shape index (κ2) is 6.13. The molecule has 7 heteroatoms. The predicted octanol–water partition coefficient (Wildman–Crippen LogP) is 2.86. The molecule has 2 heterocycles. The number of rotatable bonds is 4. The van der Waals surface area contributed by atoms with Crippen LogP contribution in [-0.4, -0.2) is 34.6 Å². The van der Waals surface area contributed by atoms with Crippen LogP contribution in [0.1, 0.15) is 0 Å². The molecule has 0 radical (unpaired) electrons. The molecule has 2 N–H and O–H groups in total. The van der Waals surface area contributed by atoms with Crippen LogP contribution in [0.25, 0.3) is 22.6 Å². The molecule has 0 saturated carbocycles. The number of amides is 1. The number of carbonyl (C=O) groups is 1. The smallest absolute Gasteiger partial charge is 0.250 e. The first-order valence-electron chi connectivity index (χ1n) is 6.56. The lowest BCUT2D eigenvalue weighted by Crippen LogP contribution is -2.16. The Kier molecular flexibility index (Phi) is 4.04. The van der Waals surface area contributed by atoms with Crippen LogP contribution in [0, 0.1) is 0 Å². The van der Waals surface area contributed by atoms with Gasteiger partial charge in [0.2, 0.25) is 5.91 Å². The summed E-state index contributed by atoms with van der Waals surface area (Å²) in [6.45, 7) is 0.0148. The number of aromatic nitrogens is 3. The standard InChI is InChI=1S/C15H13ClN4O2/c1-22-8-14(21)18-10-3-5-11-13(6-10)20-15(19-11)12-4-2-9(16)7-17-12/h2-7H,8H2,1H3,(H,18,21)(H,19,20). The molecule has 1 amide bonds. The number of ether oxygens (including phenoxy) is 1. The molecule has 0 unspecified atom stereocenters. The first-order valence-corrected chi connectivity index (χ1v) is 6.94. The van der Waals surface area contributed by atoms with E-state index in [4.69, 9.17) is 16.3 Å². The molecule has 0 saturated heterocycles. The highest BCUT2D eigenvalue weighted by Gasteiger charge is 2.08. The molecule has 0 aliphatic rings. The van der Waals surface area contributed by atoms with Gasteiger partial charge in [-0.1, -0.05) is 11.6 Å². The minimum absolute atomic E-state index is 0.0148. The zero-order valence-electron chi connectivity index (χ0n) is 11.8. The highest BCUT2D eigenvalue weighted by atomic mass is 35.5. The van der Waals surface area contributed by atoms with Gasteiger partial charge in [-0.25, -0.2) is 4.98 Å². The summed E-state index contributed by atoms with van der Waals surface area (Å²) in [5.74, 6) is 0.438. The number of methoxy groups -OCH3 is 1. The van der Waals surface area contributed by atoms with Gasteiger partial charge in [0.1, 0.15) is 12.3 Å². The number of hydrogen-bond acceptors (Lipinski definition) is 4. The molecule has 1 aromatic carbocycles. The maximum absolute atomic E-state index is 11.5. The van der Waals surface area contributed by atoms with E-state index < -0.39 is 0 Å². The Morgan fingerprint density at radius 2 is 2.23 bits per heavy atom. The van der Waals surface area contributed by atoms with Gasteiger partial charge < -0.3 is 15.0 Å². The number of hydrogen-bond donors (Lipinski definition) is 2. The minimum atomic E-state index is -0.207. The molecule has 0 atom stereocenters. The molecule has 6 nitrogen and oxygen atoms in total. The summed E-state index contributed by atoms with van der Waals surface area (Å²) in [5, 5.41) is 3.32. The highest BCUT2D eigenvalue weighted by Crippen LogP contribution is 2.22. The minimum Gasteiger partial charge on any atom is -0.375 e. The van der Waals surface area contributed by atoms with E-state index in [2.05, 4.69) is 20.3 Å². The third kappa shape index (κ3) is 3.08. The van der Waals surface area contributed by atoms with Gasteiger partial charge in [0.05, 0.1) is 16.1 Å². The molecule has 112 valence electrons. The van der Waals surface area contributed by atoms with Crippen molar-refractivity contribution < 1.29 is 9.53 Å². The van der Waals surface area contributed by atoms with E-state index in [-0.39, 0.29) is 12.5 Å². The quantitative estimate of drug-likeness (QED) is 0.775. The van der Waals surface area contributed by atoms with Gasteiger partial charge in [-0.3, -0.25) is 9.78 Å². The van der Waals surface area contributed by atoms with E-state index in [9.17, 15) is 4.79 Å². The van der Waals surface area contributed by atoms with Crippen molar-refractivity contribution in [1.29, 1.82) is 0 Å². The summed E-state index contributed by atoms with van der Waals surface area (Å²) in [6, 6.07) is 8.98. The molecule has 0 spiro atoms. The zero-order chi connectivity index (χ0) is 15.5. The number of H-pyrrole nitrogens is 1. The van der Waals surface area contributed by atoms with Crippen molar-refractivity contribution in [2.45, 2.75) is 0 Å². The van der Waals surface area contributed by atoms with Gasteiger partial charge in [-0.05, 0) is 30.3 Å². The zero-order valence-corrected chi connectivity index (χ0v) is 12.5. The number of imidazole rings is 1. The maximum Gasteiger partial charge on any atom is 0.250 e. The number of nitrogens with zero attached hydrogens (tertiary/aromatic N) is 2. The van der Waals surface area contributed by atoms with Gasteiger partial charge in [-0.15, -0.1) is 0 Å². The summed E-state index contributed by atoms with van der Waals surface area (Å²) < 4.78 is 4.78. The predicted molar refractivity (Wildman–Crippen MR) is 84.8 cm³/mol. The van der Waals surface area contributed by atoms with E-state index in [1.54, 1.807) is 24.4 Å². The molecule has 3 rings (SSSR count). The Morgan fingerprint density at radius 1 is 1.36 bits per heavy atom. The molecule has 0 aliphatic carbocycles. The second-order valence-corrected chi connectivity index (χ2v) is 5.10. The van der Waals surface area contributed by atoms with Crippen molar-refractivity contribution in [3.05, 3.63) is 41.6 Å². The van der Waals surface area contributed by atoms with E-state index in [0.717, 1.165) is 11.0 Å². The van der Waals surface area contributed by atoms with Crippen molar-refractivity contribution in [3.8, 4) is 11.5 Å². The Labute approximate surface area is 131 Å². The molecule has 0 bridgehead atoms. The molecule has 0 fully saturated rings. The van der Waals surface area contributed by atoms with Crippen molar-refractivity contribution in [2.75, 3.05) is 19.0 Å². The van der Waals surface area contributed by atoms with Gasteiger partial charge in [0.15, 0.2) is 5.82 Å². The third-order valence-corrected chi connectivity index (χ3v) is 3.23. The highest BCUT2D eigenvalue weighted by molar-refractivity contribution is 6.30. The average Bonchev–Trinajstić information content (AvgIpc) is 2.91. The van der Waals surface area contributed by atoms with Gasteiger partial charge in [0, 0.05) is 19.0 Å². The number of pyridine rings is 1. The van der Waals surface area contributed by atoms with Crippen LogP contribution in [0.3, 0.4) is 0 Å². The Hall–Kier alpha value is -2.44. The van der Waals surface area contributed by atoms with Gasteiger partial charge >= 0.3 is 0 Å². The van der Waals surface area contributed by atoms with Crippen LogP contribution in [0.4, 0.5) is 5.69 Å². The topological polar surface area (TPSA) is 79.9 Å². The van der Waals surface area contributed by atoms with Gasteiger partial charge in [0.25, 0.3) is 0 Å². The number of anilines is 1. The Bertz CT molecular complexity index is 814. The summed E-state index contributed by atoms with van der Waals surface area (Å²) in [4.78, 5) is 23.4. The second-order valence-electron chi connectivity index (χ2n) is 4.66. The van der Waals surface area contributed by atoms with Crippen LogP contribution < -0.4 is 5.32 Å². The molecular formula is C15H13ClN4O2. The number of aromatic amines is 1. The van der Waals surface area contributed by atoms with E-state index in [1.807, 2.05) is 12.1 Å². The van der Waals surface area contributed by atoms with Crippen LogP contribution >= 0.6 is 11.6 Å². The summed E-state index contributed by atoms with van der Waals surface area (Å²) in [7, 11) is 1.48. The number of halogens is 1. The average molecular weight is 317 g/mol. The SMILES string of the molecule is COCC(=O)Nc1ccc2nc(-c3ccc(Cl)cn3)[nH]c2c1. The Morgan fingerprint density at radius 3 is 2.95 bits per heavy atom. The Balaban J connectivity index is 1.90. The molecule has 0 aliphatic heterocycles. The maximum atomic E-state index is 11.5.